The summed E-state index contributed by atoms with van der Waals surface area (Å²) in [5, 5.41) is 51.0. The van der Waals surface area contributed by atoms with Crippen molar-refractivity contribution in [1.29, 1.82) is 0 Å². The van der Waals surface area contributed by atoms with Gasteiger partial charge in [-0.15, -0.1) is 0 Å². The summed E-state index contributed by atoms with van der Waals surface area (Å²) in [6.07, 6.45) is -2.52. The van der Waals surface area contributed by atoms with E-state index in [-0.39, 0.29) is 29.5 Å². The maximum absolute atomic E-state index is 13.8. The van der Waals surface area contributed by atoms with Crippen molar-refractivity contribution in [3.63, 3.8) is 0 Å². The zero-order valence-corrected chi connectivity index (χ0v) is 20.8. The van der Waals surface area contributed by atoms with Crippen molar-refractivity contribution >= 4 is 11.8 Å². The first-order valence-corrected chi connectivity index (χ1v) is 13.1. The van der Waals surface area contributed by atoms with Gasteiger partial charge in [-0.05, 0) is 62.7 Å². The van der Waals surface area contributed by atoms with E-state index in [9.17, 15) is 35.1 Å². The van der Waals surface area contributed by atoms with Crippen LogP contribution < -0.4 is 0 Å². The number of Topliss-reactive ketones (excluding diaryl/α,β-unsaturated/α-hetero) is 1. The highest BCUT2D eigenvalue weighted by Crippen LogP contribution is 2.71. The lowest BCUT2D eigenvalue weighted by Crippen LogP contribution is -2.65. The number of ketones is 1. The van der Waals surface area contributed by atoms with Crippen molar-refractivity contribution in [2.75, 3.05) is 6.61 Å². The zero-order chi connectivity index (χ0) is 25.5. The molecule has 4 saturated carbocycles. The molecule has 0 aromatic carbocycles. The number of carboxylic acid groups (broad SMARTS) is 1. The molecule has 5 aliphatic rings. The summed E-state index contributed by atoms with van der Waals surface area (Å²) in [7, 11) is 0. The largest absolute Gasteiger partial charge is 0.481 e. The molecule has 5 fully saturated rings. The first kappa shape index (κ1) is 25.5. The Morgan fingerprint density at radius 1 is 1.11 bits per heavy atom. The molecule has 198 valence electrons. The number of aliphatic hydroxyl groups is 4. The van der Waals surface area contributed by atoms with Crippen LogP contribution in [0.15, 0.2) is 0 Å². The average Bonchev–Trinajstić information content (AvgIpc) is 2.99. The van der Waals surface area contributed by atoms with Gasteiger partial charge in [0.15, 0.2) is 6.29 Å². The molecule has 9 heteroatoms. The van der Waals surface area contributed by atoms with E-state index in [0.717, 1.165) is 19.3 Å². The third-order valence-electron chi connectivity index (χ3n) is 11.0. The maximum atomic E-state index is 13.8. The van der Waals surface area contributed by atoms with Gasteiger partial charge >= 0.3 is 5.97 Å². The van der Waals surface area contributed by atoms with Crippen LogP contribution in [0.4, 0.5) is 0 Å². The van der Waals surface area contributed by atoms with Gasteiger partial charge in [0.25, 0.3) is 0 Å². The molecule has 1 saturated heterocycles. The topological polar surface area (TPSA) is 154 Å². The molecule has 5 rings (SSSR count). The van der Waals surface area contributed by atoms with Crippen LogP contribution in [-0.2, 0) is 19.1 Å². The van der Waals surface area contributed by atoms with E-state index >= 15 is 0 Å². The third kappa shape index (κ3) is 3.42. The standard InChI is InChI=1S/C26H40O9/c1-12-13-9-14(34-22-19(30)18(29)17(28)15(11-27)35-22)20-24(2)6-4-7-25(3,23(32)33)16(24)5-8-26(20,10-13)21(12)31/h12-20,22,27-30H,4-11H2,1-3H3,(H,32,33)/t12-,13-,14+,15-,16+,17-,18+,19-,20+,22-,24-,25-,26-/m1/s1. The monoisotopic (exact) mass is 496 g/mol. The fourth-order valence-corrected chi connectivity index (χ4v) is 9.28. The number of ether oxygens (including phenoxy) is 2. The molecule has 0 aromatic heterocycles. The Morgan fingerprint density at radius 3 is 2.49 bits per heavy atom. The smallest absolute Gasteiger partial charge is 0.309 e. The summed E-state index contributed by atoms with van der Waals surface area (Å²) in [4.78, 5) is 26.3. The van der Waals surface area contributed by atoms with Crippen LogP contribution in [0.2, 0.25) is 0 Å². The Hall–Kier alpha value is -1.10. The Kier molecular flexibility index (Phi) is 6.18. The van der Waals surface area contributed by atoms with Crippen LogP contribution in [0.5, 0.6) is 0 Å². The summed E-state index contributed by atoms with van der Waals surface area (Å²) in [6.45, 7) is 5.40. The Balaban J connectivity index is 1.54. The second-order valence-electron chi connectivity index (χ2n) is 12.5. The van der Waals surface area contributed by atoms with Crippen molar-refractivity contribution in [1.82, 2.24) is 0 Å². The van der Waals surface area contributed by atoms with Gasteiger partial charge in [0.2, 0.25) is 0 Å². The summed E-state index contributed by atoms with van der Waals surface area (Å²) >= 11 is 0. The van der Waals surface area contributed by atoms with E-state index in [1.165, 1.54) is 0 Å². The molecule has 0 amide bonds. The lowest BCUT2D eigenvalue weighted by Gasteiger charge is -2.64. The quantitative estimate of drug-likeness (QED) is 0.385. The predicted octanol–water partition coefficient (Wildman–Crippen LogP) is 1.09. The molecule has 4 aliphatic carbocycles. The number of hydrogen-bond donors (Lipinski definition) is 5. The SMILES string of the molecule is C[C@H]1C(=O)[C@@]23CC[C@H]4[C@@](C)(CCC[C@@]4(C)C(=O)O)[C@@H]2[C@@H](O[C@@H]2O[C@H](CO)[C@@H](O)[C@H](O)[C@H]2O)C[C@@H]1C3. The normalized spacial score (nSPS) is 55.8. The molecule has 9 nitrogen and oxygen atoms in total. The minimum atomic E-state index is -1.54. The zero-order valence-electron chi connectivity index (χ0n) is 20.8. The number of rotatable bonds is 4. The second kappa shape index (κ2) is 8.46. The summed E-state index contributed by atoms with van der Waals surface area (Å²) in [5.41, 5.74) is -1.93. The lowest BCUT2D eigenvalue weighted by molar-refractivity contribution is -0.328. The van der Waals surface area contributed by atoms with Gasteiger partial charge < -0.3 is 35.0 Å². The summed E-state index contributed by atoms with van der Waals surface area (Å²) < 4.78 is 12.1. The van der Waals surface area contributed by atoms with Crippen LogP contribution in [0.3, 0.4) is 0 Å². The number of aliphatic hydroxyl groups excluding tert-OH is 4. The van der Waals surface area contributed by atoms with Crippen molar-refractivity contribution < 1.29 is 44.6 Å². The van der Waals surface area contributed by atoms with Crippen molar-refractivity contribution in [2.24, 2.45) is 39.9 Å². The minimum Gasteiger partial charge on any atom is -0.481 e. The Labute approximate surface area is 205 Å². The van der Waals surface area contributed by atoms with Gasteiger partial charge in [-0.2, -0.15) is 0 Å². The highest BCUT2D eigenvalue weighted by Gasteiger charge is 2.71. The molecule has 0 unspecified atom stereocenters. The third-order valence-corrected chi connectivity index (χ3v) is 11.0. The molecule has 35 heavy (non-hydrogen) atoms. The van der Waals surface area contributed by atoms with Crippen LogP contribution >= 0.6 is 0 Å². The molecule has 2 bridgehead atoms. The van der Waals surface area contributed by atoms with Crippen molar-refractivity contribution in [3.05, 3.63) is 0 Å². The molecule has 1 heterocycles. The van der Waals surface area contributed by atoms with Gasteiger partial charge in [-0.25, -0.2) is 0 Å². The summed E-state index contributed by atoms with van der Waals surface area (Å²) in [6, 6.07) is 0. The van der Waals surface area contributed by atoms with E-state index in [0.29, 0.717) is 25.7 Å². The van der Waals surface area contributed by atoms with Crippen LogP contribution in [0, 0.1) is 39.9 Å². The van der Waals surface area contributed by atoms with Crippen LogP contribution in [0.1, 0.15) is 65.7 Å². The van der Waals surface area contributed by atoms with Crippen molar-refractivity contribution in [3.8, 4) is 0 Å². The number of carboxylic acids is 1. The average molecular weight is 497 g/mol. The molecule has 0 radical (unpaired) electrons. The number of carbonyl (C=O) groups excluding carboxylic acids is 1. The number of aliphatic carboxylic acids is 1. The molecule has 13 atom stereocenters. The first-order chi connectivity index (χ1) is 16.4. The number of hydrogen-bond acceptors (Lipinski definition) is 8. The molecule has 0 aromatic rings. The number of carbonyl (C=O) groups is 2. The predicted molar refractivity (Wildman–Crippen MR) is 122 cm³/mol. The highest BCUT2D eigenvalue weighted by molar-refractivity contribution is 5.90. The molecule has 1 spiro atoms. The minimum absolute atomic E-state index is 0.113. The van der Waals surface area contributed by atoms with Gasteiger partial charge in [0, 0.05) is 17.3 Å². The van der Waals surface area contributed by atoms with Gasteiger partial charge in [0.05, 0.1) is 18.1 Å². The number of fused-ring (bicyclic) bond motifs is 3. The summed E-state index contributed by atoms with van der Waals surface area (Å²) in [5.74, 6) is -0.893. The first-order valence-electron chi connectivity index (χ1n) is 13.1. The second-order valence-corrected chi connectivity index (χ2v) is 12.5. The van der Waals surface area contributed by atoms with E-state index in [4.69, 9.17) is 9.47 Å². The molecule has 5 N–H and O–H groups in total. The Morgan fingerprint density at radius 2 is 1.83 bits per heavy atom. The van der Waals surface area contributed by atoms with E-state index in [1.54, 1.807) is 0 Å². The van der Waals surface area contributed by atoms with Gasteiger partial charge in [-0.3, -0.25) is 9.59 Å². The van der Waals surface area contributed by atoms with Gasteiger partial charge in [0.1, 0.15) is 30.2 Å². The van der Waals surface area contributed by atoms with E-state index in [2.05, 4.69) is 6.92 Å². The van der Waals surface area contributed by atoms with Crippen molar-refractivity contribution in [2.45, 2.75) is 103 Å². The Bertz CT molecular complexity index is 877. The van der Waals surface area contributed by atoms with E-state index in [1.807, 2.05) is 13.8 Å². The molecular weight excluding hydrogens is 456 g/mol. The molecular formula is C26H40O9. The van der Waals surface area contributed by atoms with Gasteiger partial charge in [-0.1, -0.05) is 20.3 Å². The highest BCUT2D eigenvalue weighted by atomic mass is 16.7. The molecule has 1 aliphatic heterocycles. The van der Waals surface area contributed by atoms with Crippen LogP contribution in [0.25, 0.3) is 0 Å². The van der Waals surface area contributed by atoms with E-state index < -0.39 is 65.6 Å². The fraction of sp³-hybridized carbons (Fsp3) is 0.923. The van der Waals surface area contributed by atoms with Crippen LogP contribution in [-0.4, -0.2) is 80.7 Å². The fourth-order valence-electron chi connectivity index (χ4n) is 9.28. The maximum Gasteiger partial charge on any atom is 0.309 e. The lowest BCUT2D eigenvalue weighted by atomic mass is 9.40.